The Morgan fingerprint density at radius 2 is 1.40 bits per heavy atom. The van der Waals surface area contributed by atoms with Crippen molar-refractivity contribution in [3.63, 3.8) is 0 Å². The number of para-hydroxylation sites is 1. The van der Waals surface area contributed by atoms with Crippen LogP contribution in [-0.4, -0.2) is 49.3 Å². The number of hydrogen-bond donors (Lipinski definition) is 1. The van der Waals surface area contributed by atoms with Crippen LogP contribution >= 0.6 is 11.6 Å². The van der Waals surface area contributed by atoms with Crippen molar-refractivity contribution in [2.75, 3.05) is 19.9 Å². The predicted octanol–water partition coefficient (Wildman–Crippen LogP) is 5.20. The highest BCUT2D eigenvalue weighted by Gasteiger charge is 2.33. The second-order valence-electron chi connectivity index (χ2n) is 10.0. The highest BCUT2D eigenvalue weighted by molar-refractivity contribution is 7.88. The van der Waals surface area contributed by atoms with Crippen molar-refractivity contribution in [1.82, 2.24) is 14.5 Å². The molecule has 0 heterocycles. The minimum Gasteiger partial charge on any atom is -0.496 e. The molecule has 8 nitrogen and oxygen atoms in total. The number of sulfonamides is 1. The van der Waals surface area contributed by atoms with Gasteiger partial charge in [-0.05, 0) is 34.9 Å². The Labute approximate surface area is 257 Å². The Hall–Kier alpha value is -4.18. The molecule has 4 aromatic carbocycles. The molecular formula is C33H34ClN3O5S. The maximum atomic E-state index is 14.1. The molecule has 0 aliphatic rings. The number of methoxy groups -OCH3 is 1. The van der Waals surface area contributed by atoms with E-state index in [1.807, 2.05) is 42.5 Å². The fraction of sp³-hybridized carbons (Fsp3) is 0.212. The largest absolute Gasteiger partial charge is 0.496 e. The summed E-state index contributed by atoms with van der Waals surface area (Å²) in [5, 5.41) is 3.49. The summed E-state index contributed by atoms with van der Waals surface area (Å²) in [6.45, 7) is -0.236. The molecule has 224 valence electrons. The molecule has 0 bridgehead atoms. The molecule has 4 aromatic rings. The summed E-state index contributed by atoms with van der Waals surface area (Å²) in [5.74, 6) is -0.330. The standard InChI is InChI=1S/C33H34ClN3O5S/c1-42-30-16-10-9-15-28(30)21-35-33(39)32(27-13-7-4-8-14-27)37(23-26-17-19-29(34)20-18-26)31(38)24-36(43(2,40)41)22-25-11-5-3-6-12-25/h3-20,32H,21-24H2,1-2H3,(H,35,39)/t32-/m0/s1. The monoisotopic (exact) mass is 619 g/mol. The van der Waals surface area contributed by atoms with Gasteiger partial charge in [0.2, 0.25) is 21.8 Å². The fourth-order valence-corrected chi connectivity index (χ4v) is 5.52. The van der Waals surface area contributed by atoms with Crippen LogP contribution in [0.25, 0.3) is 0 Å². The van der Waals surface area contributed by atoms with Gasteiger partial charge < -0.3 is 15.0 Å². The van der Waals surface area contributed by atoms with Gasteiger partial charge in [-0.25, -0.2) is 8.42 Å². The molecule has 0 aliphatic carbocycles. The predicted molar refractivity (Wildman–Crippen MR) is 168 cm³/mol. The summed E-state index contributed by atoms with van der Waals surface area (Å²) < 4.78 is 32.2. The molecule has 2 amide bonds. The molecule has 0 radical (unpaired) electrons. The van der Waals surface area contributed by atoms with Crippen molar-refractivity contribution in [2.24, 2.45) is 0 Å². The van der Waals surface area contributed by atoms with E-state index in [0.717, 1.165) is 27.3 Å². The van der Waals surface area contributed by atoms with Gasteiger partial charge in [0.05, 0.1) is 19.9 Å². The first-order valence-electron chi connectivity index (χ1n) is 13.6. The van der Waals surface area contributed by atoms with E-state index in [1.54, 1.807) is 73.8 Å². The van der Waals surface area contributed by atoms with E-state index in [9.17, 15) is 18.0 Å². The van der Waals surface area contributed by atoms with Gasteiger partial charge in [-0.3, -0.25) is 9.59 Å². The number of nitrogens with one attached hydrogen (secondary N) is 1. The Balaban J connectivity index is 1.70. The number of amides is 2. The number of hydrogen-bond acceptors (Lipinski definition) is 5. The van der Waals surface area contributed by atoms with Crippen molar-refractivity contribution in [3.8, 4) is 5.75 Å². The topological polar surface area (TPSA) is 96.0 Å². The Bertz CT molecular complexity index is 1620. The van der Waals surface area contributed by atoms with Gasteiger partial charge in [0.25, 0.3) is 0 Å². The molecule has 1 N–H and O–H groups in total. The smallest absolute Gasteiger partial charge is 0.247 e. The molecule has 4 rings (SSSR count). The van der Waals surface area contributed by atoms with Crippen molar-refractivity contribution in [1.29, 1.82) is 0 Å². The average Bonchev–Trinajstić information content (AvgIpc) is 3.01. The SMILES string of the molecule is COc1ccccc1CNC(=O)[C@H](c1ccccc1)N(Cc1ccc(Cl)cc1)C(=O)CN(Cc1ccccc1)S(C)(=O)=O. The number of halogens is 1. The third kappa shape index (κ3) is 8.90. The van der Waals surface area contributed by atoms with E-state index < -0.39 is 34.4 Å². The maximum absolute atomic E-state index is 14.1. The third-order valence-corrected chi connectivity index (χ3v) is 8.34. The Morgan fingerprint density at radius 1 is 0.814 bits per heavy atom. The third-order valence-electron chi connectivity index (χ3n) is 6.89. The molecule has 0 saturated heterocycles. The molecule has 10 heteroatoms. The van der Waals surface area contributed by atoms with E-state index in [-0.39, 0.29) is 19.6 Å². The molecule has 0 fully saturated rings. The van der Waals surface area contributed by atoms with Crippen molar-refractivity contribution >= 4 is 33.4 Å². The summed E-state index contributed by atoms with van der Waals surface area (Å²) in [5.41, 5.74) is 2.81. The van der Waals surface area contributed by atoms with Crippen LogP contribution in [0.2, 0.25) is 5.02 Å². The number of carbonyl (C=O) groups is 2. The number of benzene rings is 4. The lowest BCUT2D eigenvalue weighted by Gasteiger charge is -2.33. The van der Waals surface area contributed by atoms with Crippen LogP contribution in [0.5, 0.6) is 5.75 Å². The number of nitrogens with zero attached hydrogens (tertiary/aromatic N) is 2. The second-order valence-corrected chi connectivity index (χ2v) is 12.4. The van der Waals surface area contributed by atoms with Gasteiger partial charge in [-0.1, -0.05) is 103 Å². The summed E-state index contributed by atoms with van der Waals surface area (Å²) in [4.78, 5) is 29.5. The number of rotatable bonds is 13. The van der Waals surface area contributed by atoms with E-state index in [2.05, 4.69) is 5.32 Å². The Morgan fingerprint density at radius 3 is 2.02 bits per heavy atom. The van der Waals surface area contributed by atoms with Gasteiger partial charge in [0, 0.05) is 30.2 Å². The van der Waals surface area contributed by atoms with Crippen LogP contribution in [0.1, 0.15) is 28.3 Å². The highest BCUT2D eigenvalue weighted by Crippen LogP contribution is 2.26. The van der Waals surface area contributed by atoms with Crippen molar-refractivity contribution < 1.29 is 22.7 Å². The average molecular weight is 620 g/mol. The zero-order valence-electron chi connectivity index (χ0n) is 24.0. The van der Waals surface area contributed by atoms with E-state index in [4.69, 9.17) is 16.3 Å². The van der Waals surface area contributed by atoms with Crippen LogP contribution in [0.15, 0.2) is 109 Å². The van der Waals surface area contributed by atoms with Gasteiger partial charge in [0.15, 0.2) is 0 Å². The summed E-state index contributed by atoms with van der Waals surface area (Å²) in [6.07, 6.45) is 1.07. The number of ether oxygens (including phenoxy) is 1. The van der Waals surface area contributed by atoms with E-state index >= 15 is 0 Å². The number of carbonyl (C=O) groups excluding carboxylic acids is 2. The van der Waals surface area contributed by atoms with Gasteiger partial charge in [-0.2, -0.15) is 4.31 Å². The van der Waals surface area contributed by atoms with Crippen LogP contribution in [0.4, 0.5) is 0 Å². The molecule has 0 aliphatic heterocycles. The zero-order valence-corrected chi connectivity index (χ0v) is 25.6. The van der Waals surface area contributed by atoms with E-state index in [1.165, 1.54) is 4.90 Å². The second kappa shape index (κ2) is 14.8. The van der Waals surface area contributed by atoms with Crippen molar-refractivity contribution in [3.05, 3.63) is 136 Å². The lowest BCUT2D eigenvalue weighted by molar-refractivity contribution is -0.141. The molecule has 1 atom stereocenters. The first-order chi connectivity index (χ1) is 20.7. The first-order valence-corrected chi connectivity index (χ1v) is 15.9. The fourth-order valence-electron chi connectivity index (χ4n) is 4.67. The quantitative estimate of drug-likeness (QED) is 0.222. The minimum atomic E-state index is -3.78. The first kappa shape index (κ1) is 31.7. The highest BCUT2D eigenvalue weighted by atomic mass is 35.5. The van der Waals surface area contributed by atoms with E-state index in [0.29, 0.717) is 16.3 Å². The lowest BCUT2D eigenvalue weighted by Crippen LogP contribution is -2.47. The van der Waals surface area contributed by atoms with Crippen molar-refractivity contribution in [2.45, 2.75) is 25.7 Å². The summed E-state index contributed by atoms with van der Waals surface area (Å²) >= 11 is 6.11. The molecule has 43 heavy (non-hydrogen) atoms. The maximum Gasteiger partial charge on any atom is 0.247 e. The van der Waals surface area contributed by atoms with Crippen LogP contribution in [0, 0.1) is 0 Å². The minimum absolute atomic E-state index is 0.0101. The van der Waals surface area contributed by atoms with Crippen LogP contribution < -0.4 is 10.1 Å². The zero-order chi connectivity index (χ0) is 30.8. The van der Waals surface area contributed by atoms with Gasteiger partial charge in [0.1, 0.15) is 11.8 Å². The molecule has 0 unspecified atom stereocenters. The molecular weight excluding hydrogens is 586 g/mol. The Kier molecular flexibility index (Phi) is 10.9. The molecule has 0 aromatic heterocycles. The molecule has 0 saturated carbocycles. The molecule has 0 spiro atoms. The van der Waals surface area contributed by atoms with Crippen LogP contribution in [-0.2, 0) is 39.2 Å². The summed E-state index contributed by atoms with van der Waals surface area (Å²) in [6, 6.07) is 31.2. The van der Waals surface area contributed by atoms with Gasteiger partial charge >= 0.3 is 0 Å². The van der Waals surface area contributed by atoms with Gasteiger partial charge in [-0.15, -0.1) is 0 Å². The lowest BCUT2D eigenvalue weighted by atomic mass is 10.0. The summed E-state index contributed by atoms with van der Waals surface area (Å²) in [7, 11) is -2.22. The van der Waals surface area contributed by atoms with Crippen LogP contribution in [0.3, 0.4) is 0 Å². The normalized spacial score (nSPS) is 12.0.